The van der Waals surface area contributed by atoms with Crippen molar-refractivity contribution in [1.29, 1.82) is 0 Å². The summed E-state index contributed by atoms with van der Waals surface area (Å²) in [4.78, 5) is 4.23. The van der Waals surface area contributed by atoms with Crippen LogP contribution in [-0.2, 0) is 0 Å². The molecular formula is C14H15ClN2O. The second-order valence-corrected chi connectivity index (χ2v) is 4.57. The van der Waals surface area contributed by atoms with E-state index in [1.165, 1.54) is 0 Å². The van der Waals surface area contributed by atoms with Gasteiger partial charge in [-0.05, 0) is 49.2 Å². The molecule has 1 aromatic carbocycles. The summed E-state index contributed by atoms with van der Waals surface area (Å²) in [5.74, 6) is 1.49. The maximum Gasteiger partial charge on any atom is 0.142 e. The predicted molar refractivity (Wildman–Crippen MR) is 75.0 cm³/mol. The molecular weight excluding hydrogens is 248 g/mol. The summed E-state index contributed by atoms with van der Waals surface area (Å²) in [6, 6.07) is 9.69. The standard InChI is InChI=1S/C14H15ClN2O/c1-9-4-5-12(18-3)11(6-9)16-14-8-10(2)7-13(15)17-14/h4-8H,1-3H3,(H,16,17). The molecule has 2 aromatic rings. The number of rotatable bonds is 3. The highest BCUT2D eigenvalue weighted by atomic mass is 35.5. The molecule has 0 atom stereocenters. The summed E-state index contributed by atoms with van der Waals surface area (Å²) in [7, 11) is 1.65. The Bertz CT molecular complexity index is 549. The predicted octanol–water partition coefficient (Wildman–Crippen LogP) is 4.10. The van der Waals surface area contributed by atoms with Crippen molar-refractivity contribution in [1.82, 2.24) is 4.98 Å². The minimum absolute atomic E-state index is 0.476. The summed E-state index contributed by atoms with van der Waals surface area (Å²) >= 11 is 5.94. The number of methoxy groups -OCH3 is 1. The van der Waals surface area contributed by atoms with Crippen molar-refractivity contribution in [3.05, 3.63) is 46.6 Å². The highest BCUT2D eigenvalue weighted by Crippen LogP contribution is 2.28. The SMILES string of the molecule is COc1ccc(C)cc1Nc1cc(C)cc(Cl)n1. The third-order valence-electron chi connectivity index (χ3n) is 2.56. The molecule has 0 saturated heterocycles. The molecule has 94 valence electrons. The molecule has 3 nitrogen and oxygen atoms in total. The number of hydrogen-bond donors (Lipinski definition) is 1. The van der Waals surface area contributed by atoms with E-state index in [-0.39, 0.29) is 0 Å². The fraction of sp³-hybridized carbons (Fsp3) is 0.214. The largest absolute Gasteiger partial charge is 0.495 e. The highest BCUT2D eigenvalue weighted by molar-refractivity contribution is 6.29. The smallest absolute Gasteiger partial charge is 0.142 e. The van der Waals surface area contributed by atoms with Gasteiger partial charge in [0.15, 0.2) is 0 Å². The molecule has 0 aliphatic rings. The van der Waals surface area contributed by atoms with Gasteiger partial charge in [-0.3, -0.25) is 0 Å². The first-order valence-electron chi connectivity index (χ1n) is 5.64. The fourth-order valence-electron chi connectivity index (χ4n) is 1.75. The van der Waals surface area contributed by atoms with Gasteiger partial charge in [-0.25, -0.2) is 4.98 Å². The third-order valence-corrected chi connectivity index (χ3v) is 2.75. The topological polar surface area (TPSA) is 34.1 Å². The molecule has 0 spiro atoms. The minimum atomic E-state index is 0.476. The lowest BCUT2D eigenvalue weighted by Crippen LogP contribution is -1.97. The molecule has 0 aliphatic carbocycles. The van der Waals surface area contributed by atoms with Crippen LogP contribution in [0.5, 0.6) is 5.75 Å². The molecule has 0 aliphatic heterocycles. The number of benzene rings is 1. The first kappa shape index (κ1) is 12.7. The zero-order chi connectivity index (χ0) is 13.1. The molecule has 1 aromatic heterocycles. The van der Waals surface area contributed by atoms with E-state index in [0.29, 0.717) is 11.0 Å². The van der Waals surface area contributed by atoms with Crippen LogP contribution in [0.4, 0.5) is 11.5 Å². The molecule has 1 heterocycles. The van der Waals surface area contributed by atoms with Crippen molar-refractivity contribution in [2.24, 2.45) is 0 Å². The van der Waals surface area contributed by atoms with Crippen LogP contribution >= 0.6 is 11.6 Å². The lowest BCUT2D eigenvalue weighted by Gasteiger charge is -2.12. The highest BCUT2D eigenvalue weighted by Gasteiger charge is 2.05. The van der Waals surface area contributed by atoms with Gasteiger partial charge in [-0.2, -0.15) is 0 Å². The Morgan fingerprint density at radius 3 is 2.56 bits per heavy atom. The van der Waals surface area contributed by atoms with Crippen molar-refractivity contribution < 1.29 is 4.74 Å². The average Bonchev–Trinajstić information content (AvgIpc) is 2.27. The number of pyridine rings is 1. The average molecular weight is 263 g/mol. The first-order chi connectivity index (χ1) is 8.58. The summed E-state index contributed by atoms with van der Waals surface area (Å²) in [5.41, 5.74) is 3.09. The Labute approximate surface area is 112 Å². The molecule has 18 heavy (non-hydrogen) atoms. The van der Waals surface area contributed by atoms with E-state index in [9.17, 15) is 0 Å². The molecule has 1 N–H and O–H groups in total. The van der Waals surface area contributed by atoms with Crippen LogP contribution in [0.3, 0.4) is 0 Å². The third kappa shape index (κ3) is 2.93. The molecule has 0 bridgehead atoms. The van der Waals surface area contributed by atoms with Crippen molar-refractivity contribution >= 4 is 23.1 Å². The maximum absolute atomic E-state index is 5.94. The van der Waals surface area contributed by atoms with Crippen LogP contribution in [0.15, 0.2) is 30.3 Å². The van der Waals surface area contributed by atoms with Gasteiger partial charge in [-0.1, -0.05) is 17.7 Å². The first-order valence-corrected chi connectivity index (χ1v) is 6.02. The monoisotopic (exact) mass is 262 g/mol. The Hall–Kier alpha value is -1.74. The van der Waals surface area contributed by atoms with Crippen LogP contribution in [-0.4, -0.2) is 12.1 Å². The summed E-state index contributed by atoms with van der Waals surface area (Å²) < 4.78 is 5.31. The minimum Gasteiger partial charge on any atom is -0.495 e. The fourth-order valence-corrected chi connectivity index (χ4v) is 2.01. The Morgan fingerprint density at radius 1 is 1.11 bits per heavy atom. The quantitative estimate of drug-likeness (QED) is 0.846. The number of hydrogen-bond acceptors (Lipinski definition) is 3. The number of ether oxygens (including phenoxy) is 1. The normalized spacial score (nSPS) is 10.2. The second-order valence-electron chi connectivity index (χ2n) is 4.18. The van der Waals surface area contributed by atoms with Gasteiger partial charge in [-0.15, -0.1) is 0 Å². The Balaban J connectivity index is 2.35. The van der Waals surface area contributed by atoms with E-state index in [4.69, 9.17) is 16.3 Å². The van der Waals surface area contributed by atoms with Gasteiger partial charge in [0.2, 0.25) is 0 Å². The molecule has 0 amide bonds. The lowest BCUT2D eigenvalue weighted by atomic mass is 10.2. The number of nitrogens with one attached hydrogen (secondary N) is 1. The van der Waals surface area contributed by atoms with Gasteiger partial charge in [0, 0.05) is 0 Å². The van der Waals surface area contributed by atoms with Crippen molar-refractivity contribution in [3.63, 3.8) is 0 Å². The van der Waals surface area contributed by atoms with Crippen LogP contribution in [0.2, 0.25) is 5.15 Å². The molecule has 0 saturated carbocycles. The van der Waals surface area contributed by atoms with Gasteiger partial charge in [0.25, 0.3) is 0 Å². The van der Waals surface area contributed by atoms with Crippen molar-refractivity contribution in [2.45, 2.75) is 13.8 Å². The molecule has 2 rings (SSSR count). The number of halogens is 1. The number of aromatic nitrogens is 1. The zero-order valence-corrected chi connectivity index (χ0v) is 11.4. The molecule has 0 radical (unpaired) electrons. The number of anilines is 2. The zero-order valence-electron chi connectivity index (χ0n) is 10.6. The molecule has 0 fully saturated rings. The van der Waals surface area contributed by atoms with E-state index in [1.54, 1.807) is 7.11 Å². The van der Waals surface area contributed by atoms with Gasteiger partial charge < -0.3 is 10.1 Å². The van der Waals surface area contributed by atoms with Crippen molar-refractivity contribution in [2.75, 3.05) is 12.4 Å². The second kappa shape index (κ2) is 5.27. The lowest BCUT2D eigenvalue weighted by molar-refractivity contribution is 0.416. The summed E-state index contributed by atoms with van der Waals surface area (Å²) in [6.45, 7) is 4.01. The summed E-state index contributed by atoms with van der Waals surface area (Å²) in [5, 5.41) is 3.70. The number of nitrogens with zero attached hydrogens (tertiary/aromatic N) is 1. The molecule has 0 unspecified atom stereocenters. The summed E-state index contributed by atoms with van der Waals surface area (Å²) in [6.07, 6.45) is 0. The van der Waals surface area contributed by atoms with Crippen molar-refractivity contribution in [3.8, 4) is 5.75 Å². The number of aryl methyl sites for hydroxylation is 2. The van der Waals surface area contributed by atoms with Crippen LogP contribution < -0.4 is 10.1 Å². The van der Waals surface area contributed by atoms with Crippen LogP contribution in [0, 0.1) is 13.8 Å². The van der Waals surface area contributed by atoms with Crippen LogP contribution in [0.1, 0.15) is 11.1 Å². The van der Waals surface area contributed by atoms with E-state index in [1.807, 2.05) is 44.2 Å². The van der Waals surface area contributed by atoms with Gasteiger partial charge in [0.05, 0.1) is 12.8 Å². The van der Waals surface area contributed by atoms with Crippen LogP contribution in [0.25, 0.3) is 0 Å². The van der Waals surface area contributed by atoms with E-state index >= 15 is 0 Å². The Morgan fingerprint density at radius 2 is 1.89 bits per heavy atom. The molecule has 4 heteroatoms. The Kier molecular flexibility index (Phi) is 3.72. The van der Waals surface area contributed by atoms with E-state index < -0.39 is 0 Å². The van der Waals surface area contributed by atoms with E-state index in [0.717, 1.165) is 22.6 Å². The van der Waals surface area contributed by atoms with E-state index in [2.05, 4.69) is 10.3 Å². The van der Waals surface area contributed by atoms with Gasteiger partial charge >= 0.3 is 0 Å². The van der Waals surface area contributed by atoms with Gasteiger partial charge in [0.1, 0.15) is 16.7 Å². The maximum atomic E-state index is 5.94.